The Morgan fingerprint density at radius 2 is 1.36 bits per heavy atom. The number of rotatable bonds is 7. The zero-order valence-electron chi connectivity index (χ0n) is 20.1. The number of anilines is 1. The number of hydrogen-bond donors (Lipinski definition) is 0. The van der Waals surface area contributed by atoms with E-state index in [0.717, 1.165) is 54.1 Å². The second-order valence-electron chi connectivity index (χ2n) is 9.21. The van der Waals surface area contributed by atoms with E-state index in [1.165, 1.54) is 0 Å². The van der Waals surface area contributed by atoms with E-state index in [-0.39, 0.29) is 11.8 Å². The van der Waals surface area contributed by atoms with Gasteiger partial charge in [0, 0.05) is 42.7 Å². The molecular formula is C30H29ClN4O. The third-order valence-corrected chi connectivity index (χ3v) is 6.95. The van der Waals surface area contributed by atoms with E-state index < -0.39 is 0 Å². The Balaban J connectivity index is 1.23. The van der Waals surface area contributed by atoms with Gasteiger partial charge >= 0.3 is 0 Å². The van der Waals surface area contributed by atoms with Crippen molar-refractivity contribution in [2.75, 3.05) is 18.0 Å². The highest BCUT2D eigenvalue weighted by Gasteiger charge is 2.29. The Bertz CT molecular complexity index is 1210. The molecule has 4 aromatic rings. The van der Waals surface area contributed by atoms with Gasteiger partial charge < -0.3 is 9.80 Å². The maximum Gasteiger partial charge on any atom is 0.226 e. The van der Waals surface area contributed by atoms with Crippen molar-refractivity contribution in [2.24, 2.45) is 5.92 Å². The highest BCUT2D eigenvalue weighted by molar-refractivity contribution is 6.30. The summed E-state index contributed by atoms with van der Waals surface area (Å²) in [5.74, 6) is 1.09. The first-order valence-corrected chi connectivity index (χ1v) is 12.7. The summed E-state index contributed by atoms with van der Waals surface area (Å²) in [5, 5.41) is 9.59. The highest BCUT2D eigenvalue weighted by Crippen LogP contribution is 2.26. The van der Waals surface area contributed by atoms with Crippen molar-refractivity contribution in [1.29, 1.82) is 0 Å². The lowest BCUT2D eigenvalue weighted by Gasteiger charge is -2.35. The minimum Gasteiger partial charge on any atom is -0.355 e. The van der Waals surface area contributed by atoms with Crippen LogP contribution in [0.1, 0.15) is 24.0 Å². The summed E-state index contributed by atoms with van der Waals surface area (Å²) in [6.45, 7) is 2.81. The van der Waals surface area contributed by atoms with E-state index in [1.54, 1.807) is 0 Å². The summed E-state index contributed by atoms with van der Waals surface area (Å²) >= 11 is 5.99. The average Bonchev–Trinajstić information content (AvgIpc) is 2.94. The van der Waals surface area contributed by atoms with Gasteiger partial charge in [-0.25, -0.2) is 0 Å². The zero-order chi connectivity index (χ0) is 24.7. The molecule has 1 aliphatic heterocycles. The fourth-order valence-corrected chi connectivity index (χ4v) is 4.83. The number of piperidine rings is 1. The molecule has 0 spiro atoms. The molecule has 0 saturated carbocycles. The Morgan fingerprint density at radius 3 is 1.89 bits per heavy atom. The van der Waals surface area contributed by atoms with Crippen LogP contribution >= 0.6 is 11.6 Å². The molecule has 1 fully saturated rings. The lowest BCUT2D eigenvalue weighted by Crippen LogP contribution is -2.42. The van der Waals surface area contributed by atoms with Crippen molar-refractivity contribution in [3.63, 3.8) is 0 Å². The minimum atomic E-state index is 0.00924. The molecule has 0 atom stereocenters. The molecule has 6 heteroatoms. The van der Waals surface area contributed by atoms with Crippen molar-refractivity contribution in [3.8, 4) is 11.3 Å². The van der Waals surface area contributed by atoms with Gasteiger partial charge in [0.2, 0.25) is 5.91 Å². The molecule has 5 nitrogen and oxygen atoms in total. The first-order valence-electron chi connectivity index (χ1n) is 12.4. The third-order valence-electron chi connectivity index (χ3n) is 6.70. The van der Waals surface area contributed by atoms with Crippen LogP contribution in [0.15, 0.2) is 97.1 Å². The van der Waals surface area contributed by atoms with Crippen LogP contribution in [0.4, 0.5) is 5.82 Å². The second-order valence-corrected chi connectivity index (χ2v) is 9.65. The molecule has 182 valence electrons. The van der Waals surface area contributed by atoms with E-state index in [1.807, 2.05) is 77.7 Å². The molecule has 0 unspecified atom stereocenters. The van der Waals surface area contributed by atoms with Gasteiger partial charge in [-0.15, -0.1) is 10.2 Å². The fourth-order valence-electron chi connectivity index (χ4n) is 4.70. The molecule has 1 amide bonds. The number of benzene rings is 3. The molecule has 1 aromatic heterocycles. The van der Waals surface area contributed by atoms with Gasteiger partial charge in [0.1, 0.15) is 0 Å². The molecule has 0 aliphatic carbocycles. The van der Waals surface area contributed by atoms with Crippen LogP contribution in [-0.2, 0) is 17.9 Å². The van der Waals surface area contributed by atoms with E-state index in [4.69, 9.17) is 11.6 Å². The van der Waals surface area contributed by atoms with Gasteiger partial charge in [0.15, 0.2) is 5.82 Å². The number of carbonyl (C=O) groups excluding carboxylic acids is 1. The van der Waals surface area contributed by atoms with Crippen LogP contribution < -0.4 is 4.90 Å². The summed E-state index contributed by atoms with van der Waals surface area (Å²) in [7, 11) is 0. The van der Waals surface area contributed by atoms with Crippen molar-refractivity contribution in [3.05, 3.63) is 113 Å². The van der Waals surface area contributed by atoms with Crippen LogP contribution in [-0.4, -0.2) is 34.1 Å². The summed E-state index contributed by atoms with van der Waals surface area (Å²) in [6, 6.07) is 32.1. The van der Waals surface area contributed by atoms with Crippen molar-refractivity contribution < 1.29 is 4.79 Å². The lowest BCUT2D eigenvalue weighted by molar-refractivity contribution is -0.137. The molecule has 2 heterocycles. The maximum atomic E-state index is 13.6. The van der Waals surface area contributed by atoms with Gasteiger partial charge in [-0.05, 0) is 48.2 Å². The van der Waals surface area contributed by atoms with Gasteiger partial charge in [-0.2, -0.15) is 0 Å². The first-order chi connectivity index (χ1) is 17.7. The average molecular weight is 497 g/mol. The first kappa shape index (κ1) is 24.0. The molecule has 0 radical (unpaired) electrons. The van der Waals surface area contributed by atoms with Crippen LogP contribution in [0.2, 0.25) is 5.02 Å². The maximum absolute atomic E-state index is 13.6. The summed E-state index contributed by atoms with van der Waals surface area (Å²) in [5.41, 5.74) is 4.10. The van der Waals surface area contributed by atoms with Gasteiger partial charge in [-0.3, -0.25) is 4.79 Å². The van der Waals surface area contributed by atoms with Crippen LogP contribution in [0.5, 0.6) is 0 Å². The molecule has 5 rings (SSSR count). The molecule has 1 saturated heterocycles. The van der Waals surface area contributed by atoms with E-state index in [0.29, 0.717) is 18.1 Å². The molecule has 0 bridgehead atoms. The molecule has 3 aromatic carbocycles. The Kier molecular flexibility index (Phi) is 7.58. The van der Waals surface area contributed by atoms with Crippen LogP contribution in [0.3, 0.4) is 0 Å². The second kappa shape index (κ2) is 11.4. The predicted octanol–water partition coefficient (Wildman–Crippen LogP) is 6.24. The van der Waals surface area contributed by atoms with Crippen molar-refractivity contribution in [2.45, 2.75) is 25.9 Å². The summed E-state index contributed by atoms with van der Waals surface area (Å²) in [4.78, 5) is 17.9. The Morgan fingerprint density at radius 1 is 0.778 bits per heavy atom. The van der Waals surface area contributed by atoms with Crippen LogP contribution in [0.25, 0.3) is 11.3 Å². The molecule has 1 aliphatic rings. The van der Waals surface area contributed by atoms with E-state index >= 15 is 0 Å². The molecule has 0 N–H and O–H groups in total. The zero-order valence-corrected chi connectivity index (χ0v) is 20.9. The van der Waals surface area contributed by atoms with Gasteiger partial charge in [-0.1, -0.05) is 84.4 Å². The minimum absolute atomic E-state index is 0.00924. The van der Waals surface area contributed by atoms with E-state index in [9.17, 15) is 4.79 Å². The van der Waals surface area contributed by atoms with Crippen molar-refractivity contribution in [1.82, 2.24) is 15.1 Å². The standard InChI is InChI=1S/C30H29ClN4O/c31-27-13-11-25(12-14-27)28-15-16-29(33-32-28)34-19-17-26(18-20-34)30(36)35(21-23-7-3-1-4-8-23)22-24-9-5-2-6-10-24/h1-16,26H,17-22H2. The normalized spacial score (nSPS) is 14.0. The largest absolute Gasteiger partial charge is 0.355 e. The molecular weight excluding hydrogens is 468 g/mol. The number of nitrogens with zero attached hydrogens (tertiary/aromatic N) is 4. The summed E-state index contributed by atoms with van der Waals surface area (Å²) < 4.78 is 0. The smallest absolute Gasteiger partial charge is 0.226 e. The third kappa shape index (κ3) is 5.92. The SMILES string of the molecule is O=C(C1CCN(c2ccc(-c3ccc(Cl)cc3)nn2)CC1)N(Cc1ccccc1)Cc1ccccc1. The number of hydrogen-bond acceptors (Lipinski definition) is 4. The quantitative estimate of drug-likeness (QED) is 0.304. The Hall–Kier alpha value is -3.70. The van der Waals surface area contributed by atoms with Crippen molar-refractivity contribution >= 4 is 23.3 Å². The van der Waals surface area contributed by atoms with E-state index in [2.05, 4.69) is 39.4 Å². The van der Waals surface area contributed by atoms with Crippen LogP contribution in [0, 0.1) is 5.92 Å². The lowest BCUT2D eigenvalue weighted by atomic mass is 9.94. The number of carbonyl (C=O) groups is 1. The topological polar surface area (TPSA) is 49.3 Å². The Labute approximate surface area is 217 Å². The monoisotopic (exact) mass is 496 g/mol. The highest BCUT2D eigenvalue weighted by atomic mass is 35.5. The van der Waals surface area contributed by atoms with Gasteiger partial charge in [0.25, 0.3) is 0 Å². The molecule has 36 heavy (non-hydrogen) atoms. The summed E-state index contributed by atoms with van der Waals surface area (Å²) in [6.07, 6.45) is 1.61. The number of amides is 1. The fraction of sp³-hybridized carbons (Fsp3) is 0.233. The number of aromatic nitrogens is 2. The van der Waals surface area contributed by atoms with Gasteiger partial charge in [0.05, 0.1) is 5.69 Å². The predicted molar refractivity (Wildman–Crippen MR) is 145 cm³/mol. The number of halogens is 1.